The molecule has 1 heterocycles. The molecule has 0 atom stereocenters. The van der Waals surface area contributed by atoms with Gasteiger partial charge in [0, 0.05) is 23.9 Å². The van der Waals surface area contributed by atoms with Gasteiger partial charge in [-0.25, -0.2) is 13.2 Å². The number of nitro groups is 1. The first-order valence-corrected chi connectivity index (χ1v) is 10.9. The molecule has 174 valence electrons. The lowest BCUT2D eigenvalue weighted by Crippen LogP contribution is -2.41. The highest BCUT2D eigenvalue weighted by atomic mass is 32.2. The molecule has 0 aliphatic rings. The molecule has 0 aliphatic heterocycles. The zero-order valence-corrected chi connectivity index (χ0v) is 18.8. The highest BCUT2D eigenvalue weighted by molar-refractivity contribution is 7.89. The number of non-ortho nitro benzene ring substituents is 1. The van der Waals surface area contributed by atoms with E-state index in [9.17, 15) is 32.9 Å². The number of benzene rings is 1. The van der Waals surface area contributed by atoms with Crippen LogP contribution >= 0.6 is 0 Å². The minimum absolute atomic E-state index is 0.191. The zero-order chi connectivity index (χ0) is 24.3. The van der Waals surface area contributed by atoms with Crippen LogP contribution in [0, 0.1) is 22.5 Å². The number of nitrogens with one attached hydrogen (secondary N) is 1. The van der Waals surface area contributed by atoms with E-state index < -0.39 is 44.2 Å². The number of nitrogens with zero attached hydrogens (tertiary/aromatic N) is 3. The molecule has 0 fully saturated rings. The van der Waals surface area contributed by atoms with Gasteiger partial charge in [-0.3, -0.25) is 29.3 Å². The van der Waals surface area contributed by atoms with Crippen molar-refractivity contribution in [1.29, 1.82) is 0 Å². The van der Waals surface area contributed by atoms with Crippen molar-refractivity contribution in [3.63, 3.8) is 0 Å². The first kappa shape index (κ1) is 24.9. The third-order valence-corrected chi connectivity index (χ3v) is 6.22. The van der Waals surface area contributed by atoms with Crippen LogP contribution < -0.4 is 11.2 Å². The Morgan fingerprint density at radius 1 is 1.22 bits per heavy atom. The number of esters is 1. The van der Waals surface area contributed by atoms with E-state index in [4.69, 9.17) is 4.74 Å². The number of sulfonamides is 1. The maximum atomic E-state index is 13.2. The molecule has 1 aromatic heterocycles. The molecule has 0 amide bonds. The molecule has 1 N–H and O–H groups in total. The molecule has 0 saturated heterocycles. The van der Waals surface area contributed by atoms with Crippen LogP contribution in [0.5, 0.6) is 0 Å². The van der Waals surface area contributed by atoms with Gasteiger partial charge in [0.15, 0.2) is 0 Å². The maximum absolute atomic E-state index is 13.2. The van der Waals surface area contributed by atoms with Crippen molar-refractivity contribution in [1.82, 2.24) is 13.9 Å². The van der Waals surface area contributed by atoms with Crippen molar-refractivity contribution in [2.24, 2.45) is 5.41 Å². The van der Waals surface area contributed by atoms with E-state index in [1.807, 2.05) is 0 Å². The van der Waals surface area contributed by atoms with E-state index >= 15 is 0 Å². The van der Waals surface area contributed by atoms with E-state index in [0.717, 1.165) is 33.1 Å². The molecule has 32 heavy (non-hydrogen) atoms. The van der Waals surface area contributed by atoms with Gasteiger partial charge in [0.1, 0.15) is 6.61 Å². The highest BCUT2D eigenvalue weighted by Gasteiger charge is 2.28. The summed E-state index contributed by atoms with van der Waals surface area (Å²) in [5, 5.41) is 10.9. The average Bonchev–Trinajstić information content (AvgIpc) is 2.70. The smallest absolute Gasteiger partial charge is 0.329 e. The first-order valence-electron chi connectivity index (χ1n) is 9.45. The number of hydrogen-bond acceptors (Lipinski definition) is 8. The normalized spacial score (nSPS) is 12.0. The lowest BCUT2D eigenvalue weighted by molar-refractivity contribution is -0.384. The van der Waals surface area contributed by atoms with Crippen molar-refractivity contribution in [3.05, 3.63) is 67.0 Å². The van der Waals surface area contributed by atoms with Gasteiger partial charge in [-0.15, -0.1) is 0 Å². The summed E-state index contributed by atoms with van der Waals surface area (Å²) < 4.78 is 33.4. The number of ether oxygens (including phenoxy) is 1. The van der Waals surface area contributed by atoms with Crippen LogP contribution in [0.4, 0.5) is 5.69 Å². The number of H-pyrrole nitrogens is 1. The van der Waals surface area contributed by atoms with Gasteiger partial charge < -0.3 is 4.74 Å². The van der Waals surface area contributed by atoms with Crippen molar-refractivity contribution in [2.75, 3.05) is 13.2 Å². The Hall–Kier alpha value is -3.32. The highest BCUT2D eigenvalue weighted by Crippen LogP contribution is 2.20. The molecule has 0 saturated carbocycles. The Labute approximate surface area is 183 Å². The molecule has 0 spiro atoms. The fraction of sp³-hybridized carbons (Fsp3) is 0.421. The van der Waals surface area contributed by atoms with Gasteiger partial charge in [-0.2, -0.15) is 4.31 Å². The topological polar surface area (TPSA) is 162 Å². The van der Waals surface area contributed by atoms with Crippen molar-refractivity contribution < 1.29 is 22.9 Å². The Morgan fingerprint density at radius 3 is 2.34 bits per heavy atom. The standard InChI is InChI=1S/C19H24N4O8S/c1-13-11-21(18(26)20-16(13)24)12-22(9-10-31-17(25)19(2,3)4)32(29,30)15-7-5-14(6-8-15)23(27)28/h5-8,11H,9-10,12H2,1-4H3,(H,20,24,26). The van der Waals surface area contributed by atoms with Gasteiger partial charge in [0.2, 0.25) is 10.0 Å². The molecule has 2 aromatic rings. The zero-order valence-electron chi connectivity index (χ0n) is 18.0. The van der Waals surface area contributed by atoms with E-state index in [1.54, 1.807) is 20.8 Å². The number of nitro benzene ring substituents is 1. The van der Waals surface area contributed by atoms with Gasteiger partial charge in [0.05, 0.1) is 28.4 Å². The van der Waals surface area contributed by atoms with Crippen molar-refractivity contribution in [3.8, 4) is 0 Å². The number of hydrogen-bond donors (Lipinski definition) is 1. The van der Waals surface area contributed by atoms with E-state index in [-0.39, 0.29) is 29.3 Å². The molecular formula is C19H24N4O8S. The molecular weight excluding hydrogens is 444 g/mol. The van der Waals surface area contributed by atoms with E-state index in [0.29, 0.717) is 0 Å². The Bertz CT molecular complexity index is 1220. The van der Waals surface area contributed by atoms with E-state index in [1.165, 1.54) is 13.1 Å². The maximum Gasteiger partial charge on any atom is 0.329 e. The fourth-order valence-electron chi connectivity index (χ4n) is 2.51. The third-order valence-electron chi connectivity index (χ3n) is 4.37. The summed E-state index contributed by atoms with van der Waals surface area (Å²) in [6, 6.07) is 4.23. The van der Waals surface area contributed by atoms with E-state index in [2.05, 4.69) is 4.98 Å². The molecule has 0 aliphatic carbocycles. The van der Waals surface area contributed by atoms with Crippen LogP contribution in [0.25, 0.3) is 0 Å². The van der Waals surface area contributed by atoms with Crippen LogP contribution in [0.3, 0.4) is 0 Å². The number of carbonyl (C=O) groups is 1. The molecule has 2 rings (SSSR count). The minimum Gasteiger partial charge on any atom is -0.464 e. The third kappa shape index (κ3) is 5.88. The van der Waals surface area contributed by atoms with Gasteiger partial charge >= 0.3 is 11.7 Å². The van der Waals surface area contributed by atoms with Crippen LogP contribution in [-0.4, -0.2) is 46.3 Å². The molecule has 0 radical (unpaired) electrons. The number of rotatable bonds is 8. The van der Waals surface area contributed by atoms with Crippen LogP contribution in [0.15, 0.2) is 44.9 Å². The molecule has 12 nitrogen and oxygen atoms in total. The largest absolute Gasteiger partial charge is 0.464 e. The summed E-state index contributed by atoms with van der Waals surface area (Å²) in [7, 11) is -4.25. The Kier molecular flexibility index (Phi) is 7.36. The second kappa shape index (κ2) is 9.44. The summed E-state index contributed by atoms with van der Waals surface area (Å²) >= 11 is 0. The molecule has 0 bridgehead atoms. The van der Waals surface area contributed by atoms with Crippen molar-refractivity contribution >= 4 is 21.7 Å². The number of carbonyl (C=O) groups excluding carboxylic acids is 1. The lowest BCUT2D eigenvalue weighted by atomic mass is 9.97. The lowest BCUT2D eigenvalue weighted by Gasteiger charge is -2.24. The SMILES string of the molecule is Cc1cn(CN(CCOC(=O)C(C)(C)C)S(=O)(=O)c2ccc([N+](=O)[O-])cc2)c(=O)[nH]c1=O. The Balaban J connectivity index is 2.39. The summed E-state index contributed by atoms with van der Waals surface area (Å²) in [4.78, 5) is 47.8. The quantitative estimate of drug-likeness (QED) is 0.341. The second-order valence-electron chi connectivity index (χ2n) is 8.00. The predicted octanol–water partition coefficient (Wildman–Crippen LogP) is 0.991. The first-order chi connectivity index (χ1) is 14.7. The average molecular weight is 468 g/mol. The minimum atomic E-state index is -4.25. The fourth-order valence-corrected chi connectivity index (χ4v) is 3.88. The summed E-state index contributed by atoms with van der Waals surface area (Å²) in [5.41, 5.74) is -2.32. The molecule has 0 unspecified atom stereocenters. The summed E-state index contributed by atoms with van der Waals surface area (Å²) in [6.45, 7) is 5.30. The van der Waals surface area contributed by atoms with Crippen LogP contribution in [0.1, 0.15) is 26.3 Å². The monoisotopic (exact) mass is 468 g/mol. The van der Waals surface area contributed by atoms with Gasteiger partial charge in [-0.1, -0.05) is 0 Å². The number of aryl methyl sites for hydroxylation is 1. The van der Waals surface area contributed by atoms with Crippen molar-refractivity contribution in [2.45, 2.75) is 39.3 Å². The summed E-state index contributed by atoms with van der Waals surface area (Å²) in [5.74, 6) is -0.540. The second-order valence-corrected chi connectivity index (χ2v) is 9.94. The van der Waals surface area contributed by atoms with Gasteiger partial charge in [0.25, 0.3) is 11.2 Å². The molecule has 13 heteroatoms. The molecule has 1 aromatic carbocycles. The summed E-state index contributed by atoms with van der Waals surface area (Å²) in [6.07, 6.45) is 1.21. The predicted molar refractivity (Wildman–Crippen MR) is 113 cm³/mol. The Morgan fingerprint density at radius 2 is 1.81 bits per heavy atom. The number of aromatic amines is 1. The van der Waals surface area contributed by atoms with Crippen LogP contribution in [0.2, 0.25) is 0 Å². The van der Waals surface area contributed by atoms with Gasteiger partial charge in [-0.05, 0) is 39.8 Å². The van der Waals surface area contributed by atoms with Crippen LogP contribution in [-0.2, 0) is 26.2 Å². The number of aromatic nitrogens is 2.